The maximum atomic E-state index is 9.46. The van der Waals surface area contributed by atoms with E-state index in [4.69, 9.17) is 0 Å². The Balaban J connectivity index is 1.52. The van der Waals surface area contributed by atoms with Crippen molar-refractivity contribution >= 4 is 0 Å². The van der Waals surface area contributed by atoms with Crippen molar-refractivity contribution in [1.82, 2.24) is 15.1 Å². The maximum Gasteiger partial charge on any atom is 0.115 e. The Hall–Kier alpha value is -2.59. The number of benzene rings is 2. The van der Waals surface area contributed by atoms with E-state index in [-0.39, 0.29) is 0 Å². The lowest BCUT2D eigenvalue weighted by atomic mass is 9.90. The molecule has 1 saturated heterocycles. The average molecular weight is 347 g/mol. The molecule has 4 rings (SSSR count). The standard InChI is InChI=1S/C22H25N3O/c1-16-4-2-5-18(12-16)21-13-23-24-22(21)19-6-3-11-25(15-19)14-17-7-9-20(26)10-8-17/h2,4-5,7-10,12-13,19,26H,3,6,11,14-15H2,1H3,(H,23,24). The van der Waals surface area contributed by atoms with E-state index in [0.29, 0.717) is 11.7 Å². The molecule has 2 aromatic carbocycles. The molecule has 2 N–H and O–H groups in total. The van der Waals surface area contributed by atoms with Crippen molar-refractivity contribution in [1.29, 1.82) is 0 Å². The number of phenolic OH excluding ortho intramolecular Hbond substituents is 1. The SMILES string of the molecule is Cc1cccc(-c2cn[nH]c2C2CCCN(Cc3ccc(O)cc3)C2)c1. The molecule has 1 aliphatic rings. The quantitative estimate of drug-likeness (QED) is 0.732. The van der Waals surface area contributed by atoms with Gasteiger partial charge in [-0.3, -0.25) is 10.00 Å². The summed E-state index contributed by atoms with van der Waals surface area (Å²) in [5, 5.41) is 17.1. The molecule has 26 heavy (non-hydrogen) atoms. The van der Waals surface area contributed by atoms with Crippen molar-refractivity contribution in [2.24, 2.45) is 0 Å². The summed E-state index contributed by atoms with van der Waals surface area (Å²) in [7, 11) is 0. The topological polar surface area (TPSA) is 52.2 Å². The van der Waals surface area contributed by atoms with E-state index in [1.54, 1.807) is 12.1 Å². The van der Waals surface area contributed by atoms with Crippen molar-refractivity contribution in [3.63, 3.8) is 0 Å². The van der Waals surface area contributed by atoms with Crippen molar-refractivity contribution in [3.05, 3.63) is 71.5 Å². The summed E-state index contributed by atoms with van der Waals surface area (Å²) >= 11 is 0. The first kappa shape index (κ1) is 16.9. The van der Waals surface area contributed by atoms with E-state index < -0.39 is 0 Å². The number of phenols is 1. The van der Waals surface area contributed by atoms with Crippen LogP contribution in [-0.2, 0) is 6.54 Å². The van der Waals surface area contributed by atoms with Crippen molar-refractivity contribution in [2.45, 2.75) is 32.2 Å². The summed E-state index contributed by atoms with van der Waals surface area (Å²) in [5.41, 5.74) is 6.24. The Bertz CT molecular complexity index is 869. The number of aromatic nitrogens is 2. The van der Waals surface area contributed by atoms with Crippen LogP contribution in [0.3, 0.4) is 0 Å². The highest BCUT2D eigenvalue weighted by molar-refractivity contribution is 5.66. The first-order valence-electron chi connectivity index (χ1n) is 9.29. The predicted molar refractivity (Wildman–Crippen MR) is 104 cm³/mol. The Kier molecular flexibility index (Phi) is 4.76. The molecule has 1 unspecified atom stereocenters. The van der Waals surface area contributed by atoms with Gasteiger partial charge in [0.05, 0.1) is 6.20 Å². The normalized spacial score (nSPS) is 18.1. The highest BCUT2D eigenvalue weighted by Crippen LogP contribution is 2.33. The largest absolute Gasteiger partial charge is 0.508 e. The molecule has 0 radical (unpaired) electrons. The Morgan fingerprint density at radius 1 is 1.19 bits per heavy atom. The highest BCUT2D eigenvalue weighted by Gasteiger charge is 2.25. The van der Waals surface area contributed by atoms with Gasteiger partial charge in [0.15, 0.2) is 0 Å². The third kappa shape index (κ3) is 3.65. The second-order valence-electron chi connectivity index (χ2n) is 7.31. The lowest BCUT2D eigenvalue weighted by molar-refractivity contribution is 0.198. The molecule has 4 nitrogen and oxygen atoms in total. The van der Waals surface area contributed by atoms with Gasteiger partial charge in [0.2, 0.25) is 0 Å². The summed E-state index contributed by atoms with van der Waals surface area (Å²) in [6.45, 7) is 5.20. The van der Waals surface area contributed by atoms with E-state index in [1.165, 1.54) is 40.8 Å². The number of aromatic hydroxyl groups is 1. The molecule has 0 bridgehead atoms. The molecule has 1 fully saturated rings. The second-order valence-corrected chi connectivity index (χ2v) is 7.31. The molecule has 0 aliphatic carbocycles. The van der Waals surface area contributed by atoms with Gasteiger partial charge in [-0.05, 0) is 49.6 Å². The van der Waals surface area contributed by atoms with Crippen LogP contribution in [0, 0.1) is 6.92 Å². The lowest BCUT2D eigenvalue weighted by Crippen LogP contribution is -2.34. The number of hydrogen-bond acceptors (Lipinski definition) is 3. The van der Waals surface area contributed by atoms with Crippen molar-refractivity contribution < 1.29 is 5.11 Å². The molecule has 1 aromatic heterocycles. The minimum atomic E-state index is 0.325. The molecule has 2 heterocycles. The van der Waals surface area contributed by atoms with E-state index in [2.05, 4.69) is 46.3 Å². The van der Waals surface area contributed by atoms with Crippen LogP contribution in [0.15, 0.2) is 54.7 Å². The van der Waals surface area contributed by atoms with Crippen molar-refractivity contribution in [2.75, 3.05) is 13.1 Å². The van der Waals surface area contributed by atoms with Gasteiger partial charge in [0.25, 0.3) is 0 Å². The first-order valence-corrected chi connectivity index (χ1v) is 9.29. The van der Waals surface area contributed by atoms with Crippen LogP contribution < -0.4 is 0 Å². The van der Waals surface area contributed by atoms with Gasteiger partial charge in [0.1, 0.15) is 5.75 Å². The molecule has 3 aromatic rings. The Morgan fingerprint density at radius 2 is 2.04 bits per heavy atom. The average Bonchev–Trinajstić information content (AvgIpc) is 3.14. The molecule has 0 saturated carbocycles. The molecular weight excluding hydrogens is 322 g/mol. The summed E-state index contributed by atoms with van der Waals surface area (Å²) < 4.78 is 0. The summed E-state index contributed by atoms with van der Waals surface area (Å²) in [4.78, 5) is 2.50. The van der Waals surface area contributed by atoms with Crippen LogP contribution in [0.4, 0.5) is 0 Å². The minimum Gasteiger partial charge on any atom is -0.508 e. The van der Waals surface area contributed by atoms with E-state index in [0.717, 1.165) is 19.6 Å². The minimum absolute atomic E-state index is 0.325. The van der Waals surface area contributed by atoms with Gasteiger partial charge in [0, 0.05) is 30.3 Å². The van der Waals surface area contributed by atoms with Gasteiger partial charge in [-0.25, -0.2) is 0 Å². The fourth-order valence-corrected chi connectivity index (χ4v) is 3.94. The predicted octanol–water partition coefficient (Wildman–Crippen LogP) is 4.47. The van der Waals surface area contributed by atoms with Crippen LogP contribution >= 0.6 is 0 Å². The number of H-pyrrole nitrogens is 1. The van der Waals surface area contributed by atoms with Gasteiger partial charge < -0.3 is 5.11 Å². The van der Waals surface area contributed by atoms with Gasteiger partial charge in [-0.2, -0.15) is 5.10 Å². The highest BCUT2D eigenvalue weighted by atomic mass is 16.3. The van der Waals surface area contributed by atoms with Crippen LogP contribution in [-0.4, -0.2) is 33.3 Å². The first-order chi connectivity index (χ1) is 12.7. The number of hydrogen-bond donors (Lipinski definition) is 2. The molecule has 1 atom stereocenters. The number of piperidine rings is 1. The van der Waals surface area contributed by atoms with Gasteiger partial charge >= 0.3 is 0 Å². The second kappa shape index (κ2) is 7.34. The maximum absolute atomic E-state index is 9.46. The Labute approximate surface area is 154 Å². The molecule has 1 aliphatic heterocycles. The number of aryl methyl sites for hydroxylation is 1. The lowest BCUT2D eigenvalue weighted by Gasteiger charge is -2.32. The molecule has 0 spiro atoms. The fraction of sp³-hybridized carbons (Fsp3) is 0.318. The number of nitrogens with one attached hydrogen (secondary N) is 1. The van der Waals surface area contributed by atoms with Crippen LogP contribution in [0.25, 0.3) is 11.1 Å². The number of nitrogens with zero attached hydrogens (tertiary/aromatic N) is 2. The number of aromatic amines is 1. The van der Waals surface area contributed by atoms with Crippen LogP contribution in [0.5, 0.6) is 5.75 Å². The van der Waals surface area contributed by atoms with Crippen LogP contribution in [0.2, 0.25) is 0 Å². The van der Waals surface area contributed by atoms with E-state index in [1.807, 2.05) is 18.3 Å². The molecule has 134 valence electrons. The Morgan fingerprint density at radius 3 is 2.85 bits per heavy atom. The molecule has 0 amide bonds. The summed E-state index contributed by atoms with van der Waals surface area (Å²) in [6, 6.07) is 16.2. The third-order valence-corrected chi connectivity index (χ3v) is 5.25. The zero-order valence-electron chi connectivity index (χ0n) is 15.2. The smallest absolute Gasteiger partial charge is 0.115 e. The van der Waals surface area contributed by atoms with Crippen LogP contribution in [0.1, 0.15) is 35.6 Å². The van der Waals surface area contributed by atoms with E-state index >= 15 is 0 Å². The molecule has 4 heteroatoms. The van der Waals surface area contributed by atoms with Gasteiger partial charge in [-0.15, -0.1) is 0 Å². The number of likely N-dealkylation sites (tertiary alicyclic amines) is 1. The number of rotatable bonds is 4. The zero-order chi connectivity index (χ0) is 17.9. The summed E-state index contributed by atoms with van der Waals surface area (Å²) in [5.74, 6) is 0.796. The van der Waals surface area contributed by atoms with Gasteiger partial charge in [-0.1, -0.05) is 42.0 Å². The van der Waals surface area contributed by atoms with Crippen molar-refractivity contribution in [3.8, 4) is 16.9 Å². The monoisotopic (exact) mass is 347 g/mol. The zero-order valence-corrected chi connectivity index (χ0v) is 15.2. The summed E-state index contributed by atoms with van der Waals surface area (Å²) in [6.07, 6.45) is 4.34. The fourth-order valence-electron chi connectivity index (χ4n) is 3.94. The molecular formula is C22H25N3O. The van der Waals surface area contributed by atoms with E-state index in [9.17, 15) is 5.11 Å². The third-order valence-electron chi connectivity index (χ3n) is 5.25.